The molecule has 2 rings (SSSR count). The Morgan fingerprint density at radius 3 is 2.39 bits per heavy atom. The third-order valence-corrected chi connectivity index (χ3v) is 2.87. The average Bonchev–Trinajstić information content (AvgIpc) is 2.29. The Kier molecular flexibility index (Phi) is 5.67. The van der Waals surface area contributed by atoms with E-state index in [0.717, 1.165) is 11.6 Å². The standard InChI is InChI=1S/C15H16ClN.ClH/c1-17(2)11-13-6-3-4-9-15(13)12-7-5-8-14(16)10-12;/h3-10H,11H2,1-2H3;1H. The molecule has 0 aromatic heterocycles. The summed E-state index contributed by atoms with van der Waals surface area (Å²) in [5.74, 6) is 0. The van der Waals surface area contributed by atoms with Crippen molar-refractivity contribution in [1.29, 1.82) is 0 Å². The summed E-state index contributed by atoms with van der Waals surface area (Å²) in [4.78, 5) is 2.17. The van der Waals surface area contributed by atoms with Gasteiger partial charge in [0.1, 0.15) is 0 Å². The van der Waals surface area contributed by atoms with Crippen molar-refractivity contribution in [3.8, 4) is 11.1 Å². The topological polar surface area (TPSA) is 3.24 Å². The van der Waals surface area contributed by atoms with Crippen LogP contribution in [0.1, 0.15) is 5.56 Å². The molecule has 0 radical (unpaired) electrons. The number of benzene rings is 2. The smallest absolute Gasteiger partial charge is 0.0412 e. The van der Waals surface area contributed by atoms with Gasteiger partial charge in [0.05, 0.1) is 0 Å². The summed E-state index contributed by atoms with van der Waals surface area (Å²) in [7, 11) is 4.16. The van der Waals surface area contributed by atoms with E-state index in [1.165, 1.54) is 16.7 Å². The minimum absolute atomic E-state index is 0. The minimum atomic E-state index is 0. The van der Waals surface area contributed by atoms with Gasteiger partial charge in [0.25, 0.3) is 0 Å². The largest absolute Gasteiger partial charge is 0.305 e. The monoisotopic (exact) mass is 281 g/mol. The van der Waals surface area contributed by atoms with Gasteiger partial charge in [-0.1, -0.05) is 48.0 Å². The van der Waals surface area contributed by atoms with Gasteiger partial charge in [0, 0.05) is 11.6 Å². The molecule has 1 nitrogen and oxygen atoms in total. The third-order valence-electron chi connectivity index (χ3n) is 2.64. The Balaban J connectivity index is 0.00000162. The van der Waals surface area contributed by atoms with Gasteiger partial charge < -0.3 is 4.90 Å². The zero-order chi connectivity index (χ0) is 12.3. The normalized spacial score (nSPS) is 10.2. The molecular weight excluding hydrogens is 265 g/mol. The number of halogens is 2. The van der Waals surface area contributed by atoms with Gasteiger partial charge in [-0.2, -0.15) is 0 Å². The van der Waals surface area contributed by atoms with Crippen molar-refractivity contribution in [2.75, 3.05) is 14.1 Å². The first-order valence-electron chi connectivity index (χ1n) is 5.65. The van der Waals surface area contributed by atoms with Crippen LogP contribution in [0.4, 0.5) is 0 Å². The zero-order valence-corrected chi connectivity index (χ0v) is 12.1. The Hall–Kier alpha value is -1.02. The average molecular weight is 282 g/mol. The van der Waals surface area contributed by atoms with Crippen molar-refractivity contribution in [2.45, 2.75) is 6.54 Å². The van der Waals surface area contributed by atoms with E-state index in [-0.39, 0.29) is 12.4 Å². The molecule has 0 aliphatic heterocycles. The van der Waals surface area contributed by atoms with Gasteiger partial charge in [-0.3, -0.25) is 0 Å². The van der Waals surface area contributed by atoms with Crippen molar-refractivity contribution in [2.24, 2.45) is 0 Å². The van der Waals surface area contributed by atoms with Gasteiger partial charge in [-0.05, 0) is 42.9 Å². The predicted molar refractivity (Wildman–Crippen MR) is 81.5 cm³/mol. The quantitative estimate of drug-likeness (QED) is 0.801. The lowest BCUT2D eigenvalue weighted by atomic mass is 9.99. The van der Waals surface area contributed by atoms with Gasteiger partial charge >= 0.3 is 0 Å². The molecule has 0 heterocycles. The molecule has 0 aliphatic carbocycles. The molecule has 2 aromatic carbocycles. The first-order valence-corrected chi connectivity index (χ1v) is 6.03. The highest BCUT2D eigenvalue weighted by molar-refractivity contribution is 6.30. The second-order valence-corrected chi connectivity index (χ2v) is 4.84. The summed E-state index contributed by atoms with van der Waals surface area (Å²) in [6.45, 7) is 0.933. The first-order chi connectivity index (χ1) is 8.16. The molecule has 0 N–H and O–H groups in total. The van der Waals surface area contributed by atoms with Gasteiger partial charge in [-0.15, -0.1) is 12.4 Å². The van der Waals surface area contributed by atoms with Crippen LogP contribution in [0.3, 0.4) is 0 Å². The second-order valence-electron chi connectivity index (χ2n) is 4.41. The number of rotatable bonds is 3. The summed E-state index contributed by atoms with van der Waals surface area (Å²) < 4.78 is 0. The van der Waals surface area contributed by atoms with E-state index in [1.807, 2.05) is 18.2 Å². The summed E-state index contributed by atoms with van der Waals surface area (Å²) >= 11 is 6.04. The second kappa shape index (κ2) is 6.79. The van der Waals surface area contributed by atoms with Gasteiger partial charge in [-0.25, -0.2) is 0 Å². The molecule has 0 unspecified atom stereocenters. The van der Waals surface area contributed by atoms with Crippen LogP contribution in [0.2, 0.25) is 5.02 Å². The molecule has 0 amide bonds. The van der Waals surface area contributed by atoms with Crippen molar-refractivity contribution >= 4 is 24.0 Å². The van der Waals surface area contributed by atoms with Crippen LogP contribution < -0.4 is 0 Å². The van der Waals surface area contributed by atoms with E-state index >= 15 is 0 Å². The van der Waals surface area contributed by atoms with Crippen LogP contribution in [-0.4, -0.2) is 19.0 Å². The molecule has 18 heavy (non-hydrogen) atoms. The highest BCUT2D eigenvalue weighted by atomic mass is 35.5. The maximum atomic E-state index is 6.04. The minimum Gasteiger partial charge on any atom is -0.305 e. The van der Waals surface area contributed by atoms with E-state index < -0.39 is 0 Å². The Morgan fingerprint density at radius 2 is 1.72 bits per heavy atom. The maximum absolute atomic E-state index is 6.04. The fourth-order valence-electron chi connectivity index (χ4n) is 1.94. The molecule has 2 aromatic rings. The van der Waals surface area contributed by atoms with Crippen LogP contribution in [0, 0.1) is 0 Å². The highest BCUT2D eigenvalue weighted by Gasteiger charge is 2.05. The number of hydrogen-bond donors (Lipinski definition) is 0. The van der Waals surface area contributed by atoms with E-state index in [4.69, 9.17) is 11.6 Å². The van der Waals surface area contributed by atoms with Crippen molar-refractivity contribution < 1.29 is 0 Å². The zero-order valence-electron chi connectivity index (χ0n) is 10.6. The summed E-state index contributed by atoms with van der Waals surface area (Å²) in [5, 5.41) is 0.780. The molecule has 0 spiro atoms. The highest BCUT2D eigenvalue weighted by Crippen LogP contribution is 2.26. The first kappa shape index (κ1) is 15.0. The lowest BCUT2D eigenvalue weighted by Gasteiger charge is -2.14. The fraction of sp³-hybridized carbons (Fsp3) is 0.200. The third kappa shape index (κ3) is 3.74. The molecule has 0 aliphatic rings. The molecule has 96 valence electrons. The molecule has 0 saturated heterocycles. The lowest BCUT2D eigenvalue weighted by Crippen LogP contribution is -2.11. The van der Waals surface area contributed by atoms with E-state index in [9.17, 15) is 0 Å². The van der Waals surface area contributed by atoms with Crippen LogP contribution in [0.25, 0.3) is 11.1 Å². The van der Waals surface area contributed by atoms with Crippen LogP contribution in [0.5, 0.6) is 0 Å². The van der Waals surface area contributed by atoms with Crippen molar-refractivity contribution in [3.63, 3.8) is 0 Å². The van der Waals surface area contributed by atoms with E-state index in [0.29, 0.717) is 0 Å². The Morgan fingerprint density at radius 1 is 1.00 bits per heavy atom. The molecular formula is C15H17Cl2N. The SMILES string of the molecule is CN(C)Cc1ccccc1-c1cccc(Cl)c1.Cl. The summed E-state index contributed by atoms with van der Waals surface area (Å²) in [5.41, 5.74) is 3.75. The maximum Gasteiger partial charge on any atom is 0.0412 e. The molecule has 3 heteroatoms. The van der Waals surface area contributed by atoms with Gasteiger partial charge in [0.15, 0.2) is 0 Å². The molecule has 0 atom stereocenters. The van der Waals surface area contributed by atoms with Crippen LogP contribution in [0.15, 0.2) is 48.5 Å². The number of nitrogens with zero attached hydrogens (tertiary/aromatic N) is 1. The van der Waals surface area contributed by atoms with Crippen molar-refractivity contribution in [1.82, 2.24) is 4.90 Å². The molecule has 0 saturated carbocycles. The lowest BCUT2D eigenvalue weighted by molar-refractivity contribution is 0.403. The summed E-state index contributed by atoms with van der Waals surface area (Å²) in [6.07, 6.45) is 0. The van der Waals surface area contributed by atoms with Gasteiger partial charge in [0.2, 0.25) is 0 Å². The molecule has 0 bridgehead atoms. The van der Waals surface area contributed by atoms with Crippen molar-refractivity contribution in [3.05, 3.63) is 59.1 Å². The predicted octanol–water partition coefficient (Wildman–Crippen LogP) is 4.49. The van der Waals surface area contributed by atoms with Crippen LogP contribution >= 0.6 is 24.0 Å². The van der Waals surface area contributed by atoms with E-state index in [1.54, 1.807) is 0 Å². The molecule has 0 fully saturated rings. The van der Waals surface area contributed by atoms with Crippen LogP contribution in [-0.2, 0) is 6.54 Å². The van der Waals surface area contributed by atoms with E-state index in [2.05, 4.69) is 49.3 Å². The Bertz CT molecular complexity index is 509. The number of hydrogen-bond acceptors (Lipinski definition) is 1. The Labute approximate surface area is 120 Å². The summed E-state index contributed by atoms with van der Waals surface area (Å²) in [6, 6.07) is 16.4. The fourth-order valence-corrected chi connectivity index (χ4v) is 2.13.